The predicted octanol–water partition coefficient (Wildman–Crippen LogP) is 4.02. The lowest BCUT2D eigenvalue weighted by Crippen LogP contribution is -2.40. The Morgan fingerprint density at radius 2 is 1.64 bits per heavy atom. The molecule has 0 radical (unpaired) electrons. The summed E-state index contributed by atoms with van der Waals surface area (Å²) in [5, 5.41) is 4.61. The van der Waals surface area contributed by atoms with Crippen molar-refractivity contribution in [3.63, 3.8) is 0 Å². The van der Waals surface area contributed by atoms with Crippen molar-refractivity contribution in [3.05, 3.63) is 108 Å². The number of para-hydroxylation sites is 1. The van der Waals surface area contributed by atoms with Crippen LogP contribution in [0.3, 0.4) is 0 Å². The number of methoxy groups -OCH3 is 1. The maximum absolute atomic E-state index is 12.9. The fraction of sp³-hybridized carbons (Fsp3) is 0.0385. The smallest absolute Gasteiger partial charge is 0.273 e. The first-order valence-electron chi connectivity index (χ1n) is 10.3. The molecule has 4 aromatic rings. The number of nitrogens with one attached hydrogen (secondary N) is 2. The van der Waals surface area contributed by atoms with E-state index >= 15 is 0 Å². The monoisotopic (exact) mass is 438 g/mol. The molecule has 0 spiro atoms. The van der Waals surface area contributed by atoms with E-state index < -0.39 is 11.8 Å². The van der Waals surface area contributed by atoms with E-state index in [9.17, 15) is 9.59 Å². The molecule has 3 aromatic carbocycles. The first-order valence-corrected chi connectivity index (χ1v) is 10.3. The summed E-state index contributed by atoms with van der Waals surface area (Å²) in [5.41, 5.74) is 8.14. The Morgan fingerprint density at radius 1 is 0.909 bits per heavy atom. The van der Waals surface area contributed by atoms with Gasteiger partial charge in [-0.2, -0.15) is 5.10 Å². The van der Waals surface area contributed by atoms with Gasteiger partial charge in [0.05, 0.1) is 18.4 Å². The van der Waals surface area contributed by atoms with Crippen molar-refractivity contribution >= 4 is 17.9 Å². The summed E-state index contributed by atoms with van der Waals surface area (Å²) in [6, 6.07) is 26.2. The van der Waals surface area contributed by atoms with Crippen LogP contribution >= 0.6 is 0 Å². The van der Waals surface area contributed by atoms with Gasteiger partial charge >= 0.3 is 0 Å². The Balaban J connectivity index is 1.50. The third-order valence-corrected chi connectivity index (χ3v) is 4.85. The number of amides is 2. The van der Waals surface area contributed by atoms with Gasteiger partial charge in [0.15, 0.2) is 0 Å². The molecule has 0 bridgehead atoms. The standard InChI is InChI=1S/C26H22N4O3/c1-33-22-14-8-9-19(17-22)15-16-24(31)27-28-26(32)23-18-30(21-12-6-3-7-13-21)29-25(23)20-10-4-2-5-11-20/h2-18H,1H3,(H,27,31)(H,28,32). The maximum Gasteiger partial charge on any atom is 0.273 e. The third-order valence-electron chi connectivity index (χ3n) is 4.85. The fourth-order valence-corrected chi connectivity index (χ4v) is 3.21. The second-order valence-electron chi connectivity index (χ2n) is 7.09. The number of hydrogen-bond donors (Lipinski definition) is 2. The molecule has 1 heterocycles. The number of carbonyl (C=O) groups is 2. The third kappa shape index (κ3) is 5.34. The van der Waals surface area contributed by atoms with Crippen LogP contribution in [0, 0.1) is 0 Å². The van der Waals surface area contributed by atoms with Crippen LogP contribution in [0.25, 0.3) is 23.0 Å². The highest BCUT2D eigenvalue weighted by atomic mass is 16.5. The summed E-state index contributed by atoms with van der Waals surface area (Å²) >= 11 is 0. The van der Waals surface area contributed by atoms with Gasteiger partial charge in [0, 0.05) is 17.8 Å². The molecule has 0 saturated heterocycles. The number of hydrazine groups is 1. The van der Waals surface area contributed by atoms with E-state index in [1.807, 2.05) is 78.9 Å². The van der Waals surface area contributed by atoms with Crippen molar-refractivity contribution in [2.24, 2.45) is 0 Å². The van der Waals surface area contributed by atoms with Gasteiger partial charge in [-0.15, -0.1) is 0 Å². The van der Waals surface area contributed by atoms with Crippen LogP contribution < -0.4 is 15.6 Å². The second-order valence-corrected chi connectivity index (χ2v) is 7.09. The number of ether oxygens (including phenoxy) is 1. The average molecular weight is 438 g/mol. The van der Waals surface area contributed by atoms with Crippen molar-refractivity contribution in [1.82, 2.24) is 20.6 Å². The van der Waals surface area contributed by atoms with E-state index in [1.54, 1.807) is 30.1 Å². The molecule has 2 amide bonds. The molecule has 2 N–H and O–H groups in total. The first kappa shape index (κ1) is 21.6. The van der Waals surface area contributed by atoms with Crippen LogP contribution in [-0.4, -0.2) is 28.7 Å². The molecule has 0 aliphatic carbocycles. The molecular formula is C26H22N4O3. The molecule has 0 unspecified atom stereocenters. The Labute approximate surface area is 191 Å². The van der Waals surface area contributed by atoms with Crippen LogP contribution in [0.2, 0.25) is 0 Å². The van der Waals surface area contributed by atoms with Gasteiger partial charge in [0.1, 0.15) is 11.4 Å². The molecule has 0 atom stereocenters. The van der Waals surface area contributed by atoms with E-state index in [0.29, 0.717) is 17.0 Å². The lowest BCUT2D eigenvalue weighted by atomic mass is 10.1. The zero-order chi connectivity index (χ0) is 23.0. The van der Waals surface area contributed by atoms with E-state index in [1.165, 1.54) is 6.08 Å². The summed E-state index contributed by atoms with van der Waals surface area (Å²) in [6.45, 7) is 0. The van der Waals surface area contributed by atoms with Crippen LogP contribution in [0.1, 0.15) is 15.9 Å². The first-order chi connectivity index (χ1) is 16.1. The van der Waals surface area contributed by atoms with Crippen LogP contribution in [0.15, 0.2) is 97.2 Å². The molecule has 1 aromatic heterocycles. The van der Waals surface area contributed by atoms with Crippen molar-refractivity contribution in [2.75, 3.05) is 7.11 Å². The Bertz CT molecular complexity index is 1280. The molecule has 0 aliphatic heterocycles. The van der Waals surface area contributed by atoms with Gasteiger partial charge in [0.25, 0.3) is 11.8 Å². The predicted molar refractivity (Wildman–Crippen MR) is 127 cm³/mol. The zero-order valence-electron chi connectivity index (χ0n) is 17.9. The maximum atomic E-state index is 12.9. The number of benzene rings is 3. The van der Waals surface area contributed by atoms with Crippen molar-refractivity contribution in [2.45, 2.75) is 0 Å². The van der Waals surface area contributed by atoms with Crippen molar-refractivity contribution in [3.8, 4) is 22.7 Å². The topological polar surface area (TPSA) is 85.3 Å². The van der Waals surface area contributed by atoms with Gasteiger partial charge in [0.2, 0.25) is 0 Å². The van der Waals surface area contributed by atoms with E-state index in [-0.39, 0.29) is 0 Å². The summed E-state index contributed by atoms with van der Waals surface area (Å²) in [6.07, 6.45) is 4.61. The largest absolute Gasteiger partial charge is 0.497 e. The molecule has 0 aliphatic rings. The minimum Gasteiger partial charge on any atom is -0.497 e. The minimum absolute atomic E-state index is 0.335. The number of carbonyl (C=O) groups excluding carboxylic acids is 2. The summed E-state index contributed by atoms with van der Waals surface area (Å²) in [5.74, 6) is -0.253. The van der Waals surface area contributed by atoms with Gasteiger partial charge in [-0.25, -0.2) is 4.68 Å². The summed E-state index contributed by atoms with van der Waals surface area (Å²) in [4.78, 5) is 25.1. The van der Waals surface area contributed by atoms with E-state index in [2.05, 4.69) is 16.0 Å². The molecule has 7 heteroatoms. The minimum atomic E-state index is -0.473. The molecule has 33 heavy (non-hydrogen) atoms. The van der Waals surface area contributed by atoms with Crippen LogP contribution in [0.4, 0.5) is 0 Å². The average Bonchev–Trinajstić information content (AvgIpc) is 3.33. The molecule has 0 fully saturated rings. The van der Waals surface area contributed by atoms with Gasteiger partial charge in [-0.1, -0.05) is 60.7 Å². The highest BCUT2D eigenvalue weighted by Crippen LogP contribution is 2.23. The molecular weight excluding hydrogens is 416 g/mol. The number of nitrogens with zero attached hydrogens (tertiary/aromatic N) is 2. The summed E-state index contributed by atoms with van der Waals surface area (Å²) in [7, 11) is 1.58. The fourth-order valence-electron chi connectivity index (χ4n) is 3.21. The summed E-state index contributed by atoms with van der Waals surface area (Å²) < 4.78 is 6.81. The lowest BCUT2D eigenvalue weighted by Gasteiger charge is -2.05. The SMILES string of the molecule is COc1cccc(C=CC(=O)NNC(=O)c2cn(-c3ccccc3)nc2-c2ccccc2)c1. The Morgan fingerprint density at radius 3 is 2.36 bits per heavy atom. The number of aromatic nitrogens is 2. The van der Waals surface area contributed by atoms with Gasteiger partial charge < -0.3 is 4.74 Å². The van der Waals surface area contributed by atoms with Crippen molar-refractivity contribution in [1.29, 1.82) is 0 Å². The number of hydrogen-bond acceptors (Lipinski definition) is 4. The molecule has 4 rings (SSSR count). The zero-order valence-corrected chi connectivity index (χ0v) is 17.9. The number of rotatable bonds is 6. The van der Waals surface area contributed by atoms with Crippen LogP contribution in [-0.2, 0) is 4.79 Å². The molecule has 164 valence electrons. The quantitative estimate of drug-likeness (QED) is 0.352. The lowest BCUT2D eigenvalue weighted by molar-refractivity contribution is -0.117. The van der Waals surface area contributed by atoms with E-state index in [4.69, 9.17) is 4.74 Å². The molecule has 7 nitrogen and oxygen atoms in total. The highest BCUT2D eigenvalue weighted by Gasteiger charge is 2.18. The molecule has 0 saturated carbocycles. The van der Waals surface area contributed by atoms with Gasteiger partial charge in [-0.3, -0.25) is 20.4 Å². The Hall–Kier alpha value is -4.65. The highest BCUT2D eigenvalue weighted by molar-refractivity contribution is 6.01. The van der Waals surface area contributed by atoms with Crippen molar-refractivity contribution < 1.29 is 14.3 Å². The normalized spacial score (nSPS) is 10.7. The van der Waals surface area contributed by atoms with E-state index in [0.717, 1.165) is 16.8 Å². The second kappa shape index (κ2) is 10.1. The van der Waals surface area contributed by atoms with Crippen LogP contribution in [0.5, 0.6) is 5.75 Å². The van der Waals surface area contributed by atoms with Gasteiger partial charge in [-0.05, 0) is 35.9 Å². The Kier molecular flexibility index (Phi) is 6.61.